The molecular formula is C28H37N9O2. The number of likely N-dealkylation sites (tertiary alicyclic amines) is 1. The number of aromatic nitrogens is 3. The number of rotatable bonds is 9. The fourth-order valence-corrected chi connectivity index (χ4v) is 5.24. The van der Waals surface area contributed by atoms with Crippen LogP contribution in [0, 0.1) is 0 Å². The molecule has 0 spiro atoms. The number of urea groups is 1. The van der Waals surface area contributed by atoms with Gasteiger partial charge in [-0.15, -0.1) is 5.10 Å². The van der Waals surface area contributed by atoms with Crippen LogP contribution in [0.5, 0.6) is 0 Å². The predicted octanol–water partition coefficient (Wildman–Crippen LogP) is 1.67. The summed E-state index contributed by atoms with van der Waals surface area (Å²) >= 11 is 0. The standard InChI is InChI=1S/C28H37N9O2/c29-23-10-8-22(9-11-23)17-30-28(39)31-18-27(38)37-12-4-7-26(37)21-36-20-24(32-33-36)19-34-13-15-35(16-14-34)25-5-2-1-3-6-25/h1-3,5-6,8-11,20,26H,4,7,12-19,21,29H2,(H2,30,31,39). The number of anilines is 2. The fraction of sp³-hybridized carbons (Fsp3) is 0.429. The number of hydrogen-bond donors (Lipinski definition) is 3. The van der Waals surface area contributed by atoms with Crippen LogP contribution in [0.4, 0.5) is 16.2 Å². The lowest BCUT2D eigenvalue weighted by Crippen LogP contribution is -2.46. The maximum atomic E-state index is 12.9. The van der Waals surface area contributed by atoms with Crippen molar-refractivity contribution in [1.29, 1.82) is 0 Å². The van der Waals surface area contributed by atoms with Gasteiger partial charge in [-0.05, 0) is 42.7 Å². The van der Waals surface area contributed by atoms with Crippen molar-refractivity contribution >= 4 is 23.3 Å². The SMILES string of the molecule is Nc1ccc(CNC(=O)NCC(=O)N2CCCC2Cn2cc(CN3CCN(c4ccccc4)CC3)nn2)cc1. The first-order valence-electron chi connectivity index (χ1n) is 13.6. The van der Waals surface area contributed by atoms with Crippen molar-refractivity contribution in [2.45, 2.75) is 38.5 Å². The molecule has 3 aromatic rings. The summed E-state index contributed by atoms with van der Waals surface area (Å²) in [7, 11) is 0. The number of nitrogens with zero attached hydrogens (tertiary/aromatic N) is 6. The number of carbonyl (C=O) groups is 2. The van der Waals surface area contributed by atoms with Crippen molar-refractivity contribution in [3.63, 3.8) is 0 Å². The van der Waals surface area contributed by atoms with Gasteiger partial charge in [0.25, 0.3) is 0 Å². The molecular weight excluding hydrogens is 494 g/mol. The molecule has 3 amide bonds. The lowest BCUT2D eigenvalue weighted by molar-refractivity contribution is -0.131. The highest BCUT2D eigenvalue weighted by Crippen LogP contribution is 2.19. The Morgan fingerprint density at radius 2 is 1.72 bits per heavy atom. The second-order valence-electron chi connectivity index (χ2n) is 10.2. The summed E-state index contributed by atoms with van der Waals surface area (Å²) in [6.45, 7) is 6.32. The van der Waals surface area contributed by atoms with E-state index in [0.717, 1.165) is 56.8 Å². The molecule has 0 bridgehead atoms. The van der Waals surface area contributed by atoms with E-state index in [1.165, 1.54) is 5.69 Å². The van der Waals surface area contributed by atoms with E-state index in [2.05, 4.69) is 55.0 Å². The molecule has 0 saturated carbocycles. The van der Waals surface area contributed by atoms with Gasteiger partial charge < -0.3 is 26.2 Å². The number of nitrogens with one attached hydrogen (secondary N) is 2. The molecule has 2 aromatic carbocycles. The average molecular weight is 532 g/mol. The van der Waals surface area contributed by atoms with Gasteiger partial charge >= 0.3 is 6.03 Å². The van der Waals surface area contributed by atoms with Gasteiger partial charge in [0, 0.05) is 63.4 Å². The van der Waals surface area contributed by atoms with Crippen molar-refractivity contribution in [3.05, 3.63) is 72.1 Å². The minimum Gasteiger partial charge on any atom is -0.399 e. The number of nitrogen functional groups attached to an aromatic ring is 1. The van der Waals surface area contributed by atoms with Gasteiger partial charge in [0.2, 0.25) is 5.91 Å². The zero-order valence-electron chi connectivity index (χ0n) is 22.2. The summed E-state index contributed by atoms with van der Waals surface area (Å²) in [5.74, 6) is -0.0863. The highest BCUT2D eigenvalue weighted by atomic mass is 16.2. The van der Waals surface area contributed by atoms with E-state index in [0.29, 0.717) is 25.3 Å². The number of benzene rings is 2. The Morgan fingerprint density at radius 3 is 2.49 bits per heavy atom. The van der Waals surface area contributed by atoms with E-state index in [1.54, 1.807) is 12.1 Å². The summed E-state index contributed by atoms with van der Waals surface area (Å²) < 4.78 is 1.85. The van der Waals surface area contributed by atoms with Crippen LogP contribution in [0.3, 0.4) is 0 Å². The molecule has 0 aliphatic carbocycles. The first-order chi connectivity index (χ1) is 19.0. The van der Waals surface area contributed by atoms with E-state index in [-0.39, 0.29) is 24.5 Å². The van der Waals surface area contributed by atoms with Gasteiger partial charge in [-0.25, -0.2) is 4.79 Å². The summed E-state index contributed by atoms with van der Waals surface area (Å²) in [5.41, 5.74) is 9.52. The molecule has 0 radical (unpaired) electrons. The molecule has 1 unspecified atom stereocenters. The van der Waals surface area contributed by atoms with Crippen LogP contribution in [-0.4, -0.2) is 82.0 Å². The number of para-hydroxylation sites is 1. The highest BCUT2D eigenvalue weighted by molar-refractivity contribution is 5.84. The van der Waals surface area contributed by atoms with Gasteiger partial charge in [0.05, 0.1) is 24.8 Å². The topological polar surface area (TPSA) is 125 Å². The van der Waals surface area contributed by atoms with Crippen LogP contribution >= 0.6 is 0 Å². The fourth-order valence-electron chi connectivity index (χ4n) is 5.24. The molecule has 1 aromatic heterocycles. The van der Waals surface area contributed by atoms with Crippen molar-refractivity contribution in [2.24, 2.45) is 0 Å². The quantitative estimate of drug-likeness (QED) is 0.359. The third-order valence-electron chi connectivity index (χ3n) is 7.39. The van der Waals surface area contributed by atoms with E-state index in [9.17, 15) is 9.59 Å². The zero-order valence-corrected chi connectivity index (χ0v) is 22.2. The average Bonchev–Trinajstić information content (AvgIpc) is 3.62. The first kappa shape index (κ1) is 26.5. The molecule has 39 heavy (non-hydrogen) atoms. The predicted molar refractivity (Wildman–Crippen MR) is 150 cm³/mol. The van der Waals surface area contributed by atoms with Crippen LogP contribution in [0.2, 0.25) is 0 Å². The number of piperazine rings is 1. The molecule has 2 aliphatic heterocycles. The van der Waals surface area contributed by atoms with Crippen LogP contribution in [0.15, 0.2) is 60.8 Å². The Morgan fingerprint density at radius 1 is 0.949 bits per heavy atom. The van der Waals surface area contributed by atoms with Crippen molar-refractivity contribution in [3.8, 4) is 0 Å². The van der Waals surface area contributed by atoms with Gasteiger partial charge in [-0.1, -0.05) is 35.5 Å². The Labute approximate surface area is 228 Å². The highest BCUT2D eigenvalue weighted by Gasteiger charge is 2.29. The van der Waals surface area contributed by atoms with Gasteiger partial charge in [0.15, 0.2) is 0 Å². The maximum Gasteiger partial charge on any atom is 0.315 e. The summed E-state index contributed by atoms with van der Waals surface area (Å²) in [6, 6.07) is 17.5. The van der Waals surface area contributed by atoms with E-state index >= 15 is 0 Å². The minimum atomic E-state index is -0.374. The molecule has 5 rings (SSSR count). The third kappa shape index (κ3) is 7.26. The summed E-state index contributed by atoms with van der Waals surface area (Å²) in [5, 5.41) is 14.2. The van der Waals surface area contributed by atoms with Gasteiger partial charge in [0.1, 0.15) is 0 Å². The maximum absolute atomic E-state index is 12.9. The van der Waals surface area contributed by atoms with Crippen LogP contribution in [-0.2, 0) is 24.4 Å². The molecule has 2 saturated heterocycles. The van der Waals surface area contributed by atoms with E-state index < -0.39 is 0 Å². The second-order valence-corrected chi connectivity index (χ2v) is 10.2. The molecule has 11 heteroatoms. The molecule has 1 atom stereocenters. The summed E-state index contributed by atoms with van der Waals surface area (Å²) in [6.07, 6.45) is 3.84. The number of hydrogen-bond acceptors (Lipinski definition) is 7. The molecule has 3 heterocycles. The lowest BCUT2D eigenvalue weighted by Gasteiger charge is -2.35. The molecule has 4 N–H and O–H groups in total. The van der Waals surface area contributed by atoms with Crippen molar-refractivity contribution in [2.75, 3.05) is 49.9 Å². The first-order valence-corrected chi connectivity index (χ1v) is 13.6. The molecule has 2 aliphatic rings. The normalized spacial score (nSPS) is 17.8. The minimum absolute atomic E-state index is 0.0400. The lowest BCUT2D eigenvalue weighted by atomic mass is 10.2. The number of amides is 3. The number of nitrogens with two attached hydrogens (primary N) is 1. The smallest absolute Gasteiger partial charge is 0.315 e. The molecule has 206 valence electrons. The second kappa shape index (κ2) is 12.6. The Kier molecular flexibility index (Phi) is 8.57. The van der Waals surface area contributed by atoms with Crippen LogP contribution in [0.25, 0.3) is 0 Å². The molecule has 2 fully saturated rings. The van der Waals surface area contributed by atoms with Crippen LogP contribution < -0.4 is 21.3 Å². The monoisotopic (exact) mass is 531 g/mol. The molecule has 11 nitrogen and oxygen atoms in total. The van der Waals surface area contributed by atoms with Gasteiger partial charge in [-0.3, -0.25) is 14.4 Å². The van der Waals surface area contributed by atoms with E-state index in [1.807, 2.05) is 34.0 Å². The van der Waals surface area contributed by atoms with Crippen LogP contribution in [0.1, 0.15) is 24.1 Å². The van der Waals surface area contributed by atoms with Gasteiger partial charge in [-0.2, -0.15) is 0 Å². The Hall–Kier alpha value is -4.12. The van der Waals surface area contributed by atoms with Crippen molar-refractivity contribution in [1.82, 2.24) is 35.4 Å². The van der Waals surface area contributed by atoms with Crippen molar-refractivity contribution < 1.29 is 9.59 Å². The zero-order chi connectivity index (χ0) is 27.0. The Bertz CT molecular complexity index is 1220. The third-order valence-corrected chi connectivity index (χ3v) is 7.39. The summed E-state index contributed by atoms with van der Waals surface area (Å²) in [4.78, 5) is 31.7. The van der Waals surface area contributed by atoms with E-state index in [4.69, 9.17) is 5.73 Å². The number of carbonyl (C=O) groups excluding carboxylic acids is 2. The Balaban J connectivity index is 1.04. The largest absolute Gasteiger partial charge is 0.399 e.